The SMILES string of the molecule is COc1cccc(/C=C/c2ccc(OC)c(OCCCC(C)(C)C(=O)O)c2)c1. The highest BCUT2D eigenvalue weighted by Crippen LogP contribution is 2.30. The van der Waals surface area contributed by atoms with Gasteiger partial charge in [0, 0.05) is 0 Å². The van der Waals surface area contributed by atoms with E-state index in [2.05, 4.69) is 0 Å². The lowest BCUT2D eigenvalue weighted by Crippen LogP contribution is -2.24. The van der Waals surface area contributed by atoms with Crippen molar-refractivity contribution in [2.24, 2.45) is 5.41 Å². The van der Waals surface area contributed by atoms with Crippen LogP contribution in [0.1, 0.15) is 37.8 Å². The monoisotopic (exact) mass is 384 g/mol. The number of hydrogen-bond donors (Lipinski definition) is 1. The molecule has 1 N–H and O–H groups in total. The average Bonchev–Trinajstić information content (AvgIpc) is 2.69. The Morgan fingerprint density at radius 1 is 1.00 bits per heavy atom. The van der Waals surface area contributed by atoms with Gasteiger partial charge in [-0.15, -0.1) is 0 Å². The molecule has 0 saturated carbocycles. The molecule has 0 radical (unpaired) electrons. The third-order valence-electron chi connectivity index (χ3n) is 4.53. The molecule has 5 nitrogen and oxygen atoms in total. The lowest BCUT2D eigenvalue weighted by molar-refractivity contribution is -0.147. The molecule has 5 heteroatoms. The average molecular weight is 384 g/mol. The minimum Gasteiger partial charge on any atom is -0.497 e. The Bertz CT molecular complexity index is 823. The van der Waals surface area contributed by atoms with Crippen molar-refractivity contribution in [1.82, 2.24) is 0 Å². The van der Waals surface area contributed by atoms with Crippen molar-refractivity contribution in [3.8, 4) is 17.2 Å². The maximum atomic E-state index is 11.2. The van der Waals surface area contributed by atoms with Crippen molar-refractivity contribution in [2.45, 2.75) is 26.7 Å². The van der Waals surface area contributed by atoms with Crippen LogP contribution in [0.5, 0.6) is 17.2 Å². The molecule has 2 aromatic carbocycles. The van der Waals surface area contributed by atoms with Crippen molar-refractivity contribution in [3.05, 3.63) is 53.6 Å². The number of rotatable bonds is 10. The number of carboxylic acid groups (broad SMARTS) is 1. The first-order valence-electron chi connectivity index (χ1n) is 9.22. The molecule has 0 spiro atoms. The molecule has 0 aliphatic heterocycles. The fourth-order valence-corrected chi connectivity index (χ4v) is 2.65. The molecule has 28 heavy (non-hydrogen) atoms. The van der Waals surface area contributed by atoms with Crippen LogP contribution in [0.15, 0.2) is 42.5 Å². The number of carboxylic acids is 1. The van der Waals surface area contributed by atoms with Gasteiger partial charge in [-0.05, 0) is 62.1 Å². The van der Waals surface area contributed by atoms with Crippen LogP contribution in [-0.2, 0) is 4.79 Å². The van der Waals surface area contributed by atoms with E-state index in [9.17, 15) is 9.90 Å². The lowest BCUT2D eigenvalue weighted by Gasteiger charge is -2.19. The van der Waals surface area contributed by atoms with Gasteiger partial charge >= 0.3 is 5.97 Å². The van der Waals surface area contributed by atoms with Crippen LogP contribution >= 0.6 is 0 Å². The van der Waals surface area contributed by atoms with Crippen molar-refractivity contribution in [2.75, 3.05) is 20.8 Å². The highest BCUT2D eigenvalue weighted by Gasteiger charge is 2.26. The molecule has 0 aromatic heterocycles. The fourth-order valence-electron chi connectivity index (χ4n) is 2.65. The Morgan fingerprint density at radius 3 is 2.36 bits per heavy atom. The Labute approximate surface area is 166 Å². The predicted octanol–water partition coefficient (Wildman–Crippen LogP) is 5.14. The summed E-state index contributed by atoms with van der Waals surface area (Å²) >= 11 is 0. The number of carbonyl (C=O) groups is 1. The van der Waals surface area contributed by atoms with Crippen LogP contribution in [0.2, 0.25) is 0 Å². The summed E-state index contributed by atoms with van der Waals surface area (Å²) in [7, 11) is 3.25. The number of hydrogen-bond acceptors (Lipinski definition) is 4. The summed E-state index contributed by atoms with van der Waals surface area (Å²) in [6, 6.07) is 13.5. The Hall–Kier alpha value is -2.95. The van der Waals surface area contributed by atoms with E-state index >= 15 is 0 Å². The summed E-state index contributed by atoms with van der Waals surface area (Å²) in [6.45, 7) is 3.87. The zero-order valence-corrected chi connectivity index (χ0v) is 16.9. The largest absolute Gasteiger partial charge is 0.497 e. The smallest absolute Gasteiger partial charge is 0.309 e. The van der Waals surface area contributed by atoms with Crippen molar-refractivity contribution in [3.63, 3.8) is 0 Å². The van der Waals surface area contributed by atoms with Crippen LogP contribution in [0, 0.1) is 5.41 Å². The molecule has 150 valence electrons. The van der Waals surface area contributed by atoms with E-state index < -0.39 is 11.4 Å². The van der Waals surface area contributed by atoms with E-state index in [0.717, 1.165) is 16.9 Å². The summed E-state index contributed by atoms with van der Waals surface area (Å²) in [5.41, 5.74) is 1.26. The van der Waals surface area contributed by atoms with E-state index in [1.807, 2.05) is 54.6 Å². The molecule has 0 heterocycles. The normalized spacial score (nSPS) is 11.4. The van der Waals surface area contributed by atoms with Gasteiger partial charge in [-0.2, -0.15) is 0 Å². The van der Waals surface area contributed by atoms with Gasteiger partial charge in [0.15, 0.2) is 11.5 Å². The molecule has 0 saturated heterocycles. The predicted molar refractivity (Wildman–Crippen MR) is 111 cm³/mol. The maximum Gasteiger partial charge on any atom is 0.309 e. The summed E-state index contributed by atoms with van der Waals surface area (Å²) in [5.74, 6) is 1.30. The summed E-state index contributed by atoms with van der Waals surface area (Å²) in [6.07, 6.45) is 5.19. The van der Waals surface area contributed by atoms with Gasteiger partial charge in [0.25, 0.3) is 0 Å². The highest BCUT2D eigenvalue weighted by atomic mass is 16.5. The first-order valence-corrected chi connectivity index (χ1v) is 9.22. The Morgan fingerprint density at radius 2 is 1.71 bits per heavy atom. The quantitative estimate of drug-likeness (QED) is 0.454. The van der Waals surface area contributed by atoms with E-state index in [0.29, 0.717) is 30.9 Å². The Balaban J connectivity index is 2.04. The first kappa shape index (κ1) is 21.4. The number of methoxy groups -OCH3 is 2. The summed E-state index contributed by atoms with van der Waals surface area (Å²) < 4.78 is 16.5. The van der Waals surface area contributed by atoms with Crippen LogP contribution in [0.4, 0.5) is 0 Å². The fraction of sp³-hybridized carbons (Fsp3) is 0.348. The molecule has 0 aliphatic carbocycles. The van der Waals surface area contributed by atoms with E-state index in [4.69, 9.17) is 14.2 Å². The maximum absolute atomic E-state index is 11.2. The van der Waals surface area contributed by atoms with E-state index in [1.54, 1.807) is 28.1 Å². The van der Waals surface area contributed by atoms with Crippen molar-refractivity contribution >= 4 is 18.1 Å². The second-order valence-corrected chi connectivity index (χ2v) is 7.16. The molecule has 2 aromatic rings. The molecular formula is C23H28O5. The molecular weight excluding hydrogens is 356 g/mol. The lowest BCUT2D eigenvalue weighted by atomic mass is 9.88. The molecule has 0 bridgehead atoms. The van der Waals surface area contributed by atoms with Gasteiger partial charge in [-0.1, -0.05) is 30.4 Å². The topological polar surface area (TPSA) is 65.0 Å². The van der Waals surface area contributed by atoms with Gasteiger partial charge in [0.05, 0.1) is 26.2 Å². The summed E-state index contributed by atoms with van der Waals surface area (Å²) in [5, 5.41) is 9.19. The molecule has 2 rings (SSSR count). The van der Waals surface area contributed by atoms with Crippen LogP contribution in [0.3, 0.4) is 0 Å². The van der Waals surface area contributed by atoms with Crippen LogP contribution < -0.4 is 14.2 Å². The van der Waals surface area contributed by atoms with Crippen molar-refractivity contribution in [1.29, 1.82) is 0 Å². The number of benzene rings is 2. The molecule has 0 fully saturated rings. The third kappa shape index (κ3) is 6.05. The Kier molecular flexibility index (Phi) is 7.50. The zero-order chi connectivity index (χ0) is 20.6. The van der Waals surface area contributed by atoms with Gasteiger partial charge in [0.2, 0.25) is 0 Å². The molecule has 0 amide bonds. The molecule has 0 atom stereocenters. The van der Waals surface area contributed by atoms with Crippen molar-refractivity contribution < 1.29 is 24.1 Å². The standard InChI is InChI=1S/C23H28O5/c1-23(2,22(24)25)13-6-14-28-21-16-18(11-12-20(21)27-4)10-9-17-7-5-8-19(15-17)26-3/h5,7-12,15-16H,6,13-14H2,1-4H3,(H,24,25)/b10-9+. The third-order valence-corrected chi connectivity index (χ3v) is 4.53. The number of aliphatic carboxylic acids is 1. The minimum absolute atomic E-state index is 0.427. The van der Waals surface area contributed by atoms with Crippen LogP contribution in [0.25, 0.3) is 12.2 Å². The van der Waals surface area contributed by atoms with Gasteiger partial charge in [0.1, 0.15) is 5.75 Å². The van der Waals surface area contributed by atoms with E-state index in [1.165, 1.54) is 0 Å². The van der Waals surface area contributed by atoms with E-state index in [-0.39, 0.29) is 0 Å². The second-order valence-electron chi connectivity index (χ2n) is 7.16. The highest BCUT2D eigenvalue weighted by molar-refractivity contribution is 5.73. The summed E-state index contributed by atoms with van der Waals surface area (Å²) in [4.78, 5) is 11.2. The van der Waals surface area contributed by atoms with Gasteiger partial charge in [-0.25, -0.2) is 0 Å². The molecule has 0 aliphatic rings. The second kappa shape index (κ2) is 9.83. The van der Waals surface area contributed by atoms with Gasteiger partial charge < -0.3 is 19.3 Å². The molecule has 0 unspecified atom stereocenters. The zero-order valence-electron chi connectivity index (χ0n) is 16.9. The van der Waals surface area contributed by atoms with Gasteiger partial charge in [-0.3, -0.25) is 4.79 Å². The minimum atomic E-state index is -0.797. The van der Waals surface area contributed by atoms with Crippen LogP contribution in [-0.4, -0.2) is 31.9 Å². The number of ether oxygens (including phenoxy) is 3. The first-order chi connectivity index (χ1) is 13.4.